The van der Waals surface area contributed by atoms with Gasteiger partial charge < -0.3 is 10.1 Å². The molecule has 0 fully saturated rings. The summed E-state index contributed by atoms with van der Waals surface area (Å²) >= 11 is 9.73. The maximum atomic E-state index is 6.30. The van der Waals surface area contributed by atoms with Gasteiger partial charge in [0.1, 0.15) is 5.75 Å². The standard InChI is InChI=1S/C16H15BrClNO/c1-10-9-20-15-5-3-2-4-12(15)16(10)19-14-7-6-11(17)8-13(14)18/h2-8,10,16,19H,9H2,1H3. The summed E-state index contributed by atoms with van der Waals surface area (Å²) in [5.74, 6) is 1.33. The fourth-order valence-corrected chi connectivity index (χ4v) is 3.21. The second kappa shape index (κ2) is 5.66. The predicted octanol–water partition coefficient (Wildman–Crippen LogP) is 5.28. The second-order valence-electron chi connectivity index (χ2n) is 5.07. The first-order valence-electron chi connectivity index (χ1n) is 6.58. The summed E-state index contributed by atoms with van der Waals surface area (Å²) in [6.45, 7) is 2.89. The van der Waals surface area contributed by atoms with Crippen LogP contribution in [0.25, 0.3) is 0 Å². The molecule has 20 heavy (non-hydrogen) atoms. The number of benzene rings is 2. The molecule has 0 aromatic heterocycles. The van der Waals surface area contributed by atoms with Crippen LogP contribution in [0.15, 0.2) is 46.9 Å². The Morgan fingerprint density at radius 2 is 2.05 bits per heavy atom. The van der Waals surface area contributed by atoms with Crippen LogP contribution in [-0.2, 0) is 0 Å². The lowest BCUT2D eigenvalue weighted by molar-refractivity contribution is 0.214. The molecular weight excluding hydrogens is 338 g/mol. The summed E-state index contributed by atoms with van der Waals surface area (Å²) in [5.41, 5.74) is 2.13. The lowest BCUT2D eigenvalue weighted by Gasteiger charge is -2.33. The zero-order valence-electron chi connectivity index (χ0n) is 11.1. The van der Waals surface area contributed by atoms with Gasteiger partial charge in [0.15, 0.2) is 0 Å². The minimum absolute atomic E-state index is 0.207. The normalized spacial score (nSPS) is 20.9. The average Bonchev–Trinajstić information content (AvgIpc) is 2.44. The highest BCUT2D eigenvalue weighted by Gasteiger charge is 2.27. The zero-order valence-corrected chi connectivity index (χ0v) is 13.4. The van der Waals surface area contributed by atoms with Crippen LogP contribution < -0.4 is 10.1 Å². The van der Waals surface area contributed by atoms with E-state index in [0.29, 0.717) is 12.5 Å². The predicted molar refractivity (Wildman–Crippen MR) is 86.6 cm³/mol. The van der Waals surface area contributed by atoms with Crippen molar-refractivity contribution in [1.29, 1.82) is 0 Å². The van der Waals surface area contributed by atoms with Gasteiger partial charge in [-0.25, -0.2) is 0 Å². The fraction of sp³-hybridized carbons (Fsp3) is 0.250. The third-order valence-electron chi connectivity index (χ3n) is 3.57. The highest BCUT2D eigenvalue weighted by Crippen LogP contribution is 2.38. The van der Waals surface area contributed by atoms with Gasteiger partial charge in [-0.05, 0) is 24.3 Å². The molecule has 0 spiro atoms. The Morgan fingerprint density at radius 3 is 2.85 bits per heavy atom. The van der Waals surface area contributed by atoms with Crippen molar-refractivity contribution in [3.63, 3.8) is 0 Å². The van der Waals surface area contributed by atoms with Crippen LogP contribution in [0.2, 0.25) is 5.02 Å². The molecule has 0 bridgehead atoms. The van der Waals surface area contributed by atoms with E-state index in [1.807, 2.05) is 36.4 Å². The summed E-state index contributed by atoms with van der Waals surface area (Å²) in [6, 6.07) is 14.3. The SMILES string of the molecule is CC1COc2ccccc2C1Nc1ccc(Br)cc1Cl. The first-order chi connectivity index (χ1) is 9.65. The molecule has 0 amide bonds. The second-order valence-corrected chi connectivity index (χ2v) is 6.40. The first kappa shape index (κ1) is 13.8. The first-order valence-corrected chi connectivity index (χ1v) is 7.75. The minimum atomic E-state index is 0.207. The largest absolute Gasteiger partial charge is 0.493 e. The number of hydrogen-bond acceptors (Lipinski definition) is 2. The van der Waals surface area contributed by atoms with Gasteiger partial charge in [-0.1, -0.05) is 52.7 Å². The Labute approximate surface area is 132 Å². The van der Waals surface area contributed by atoms with Crippen molar-refractivity contribution in [2.75, 3.05) is 11.9 Å². The van der Waals surface area contributed by atoms with Crippen molar-refractivity contribution >= 4 is 33.2 Å². The minimum Gasteiger partial charge on any atom is -0.493 e. The number of ether oxygens (including phenoxy) is 1. The molecule has 2 aromatic carbocycles. The number of anilines is 1. The summed E-state index contributed by atoms with van der Waals surface area (Å²) in [6.07, 6.45) is 0. The van der Waals surface area contributed by atoms with E-state index in [4.69, 9.17) is 16.3 Å². The van der Waals surface area contributed by atoms with Crippen LogP contribution in [0.3, 0.4) is 0 Å². The summed E-state index contributed by atoms with van der Waals surface area (Å²) in [5, 5.41) is 4.27. The van der Waals surface area contributed by atoms with Crippen LogP contribution in [0.5, 0.6) is 5.75 Å². The van der Waals surface area contributed by atoms with Gasteiger partial charge >= 0.3 is 0 Å². The monoisotopic (exact) mass is 351 g/mol. The zero-order chi connectivity index (χ0) is 14.1. The van der Waals surface area contributed by atoms with E-state index in [2.05, 4.69) is 34.2 Å². The quantitative estimate of drug-likeness (QED) is 0.793. The van der Waals surface area contributed by atoms with Gasteiger partial charge in [0, 0.05) is 16.0 Å². The lowest BCUT2D eigenvalue weighted by Crippen LogP contribution is -2.28. The maximum absolute atomic E-state index is 6.30. The van der Waals surface area contributed by atoms with Crippen molar-refractivity contribution in [2.24, 2.45) is 5.92 Å². The van der Waals surface area contributed by atoms with Crippen LogP contribution >= 0.6 is 27.5 Å². The van der Waals surface area contributed by atoms with Crippen molar-refractivity contribution < 1.29 is 4.74 Å². The molecule has 0 saturated heterocycles. The highest BCUT2D eigenvalue weighted by molar-refractivity contribution is 9.10. The Balaban J connectivity index is 1.93. The molecule has 104 valence electrons. The van der Waals surface area contributed by atoms with Crippen LogP contribution in [0, 0.1) is 5.92 Å². The number of hydrogen-bond donors (Lipinski definition) is 1. The molecule has 0 radical (unpaired) electrons. The van der Waals surface area contributed by atoms with Gasteiger partial charge in [-0.3, -0.25) is 0 Å². The molecular formula is C16H15BrClNO. The molecule has 1 aliphatic rings. The molecule has 2 nitrogen and oxygen atoms in total. The molecule has 0 aliphatic carbocycles. The van der Waals surface area contributed by atoms with Crippen LogP contribution in [-0.4, -0.2) is 6.61 Å². The number of fused-ring (bicyclic) bond motifs is 1. The molecule has 3 rings (SSSR count). The van der Waals surface area contributed by atoms with E-state index >= 15 is 0 Å². The van der Waals surface area contributed by atoms with Crippen LogP contribution in [0.1, 0.15) is 18.5 Å². The maximum Gasteiger partial charge on any atom is 0.124 e. The molecule has 1 aliphatic heterocycles. The Kier molecular flexibility index (Phi) is 3.90. The Bertz CT molecular complexity index is 632. The molecule has 4 heteroatoms. The van der Waals surface area contributed by atoms with Crippen molar-refractivity contribution in [1.82, 2.24) is 0 Å². The Hall–Kier alpha value is -1.19. The number of halogens is 2. The fourth-order valence-electron chi connectivity index (χ4n) is 2.49. The summed E-state index contributed by atoms with van der Waals surface area (Å²) in [4.78, 5) is 0. The van der Waals surface area contributed by atoms with Crippen molar-refractivity contribution in [3.8, 4) is 5.75 Å². The average molecular weight is 353 g/mol. The smallest absolute Gasteiger partial charge is 0.124 e. The molecule has 1 N–H and O–H groups in total. The van der Waals surface area contributed by atoms with Gasteiger partial charge in [0.25, 0.3) is 0 Å². The van der Waals surface area contributed by atoms with Gasteiger partial charge in [0.2, 0.25) is 0 Å². The molecule has 2 atom stereocenters. The van der Waals surface area contributed by atoms with E-state index in [0.717, 1.165) is 20.9 Å². The van der Waals surface area contributed by atoms with E-state index in [9.17, 15) is 0 Å². The third-order valence-corrected chi connectivity index (χ3v) is 4.37. The lowest BCUT2D eigenvalue weighted by atomic mass is 9.92. The number of para-hydroxylation sites is 1. The van der Waals surface area contributed by atoms with E-state index in [1.165, 1.54) is 5.56 Å². The van der Waals surface area contributed by atoms with E-state index < -0.39 is 0 Å². The summed E-state index contributed by atoms with van der Waals surface area (Å²) in [7, 11) is 0. The topological polar surface area (TPSA) is 21.3 Å². The van der Waals surface area contributed by atoms with Gasteiger partial charge in [-0.2, -0.15) is 0 Å². The molecule has 0 saturated carbocycles. The van der Waals surface area contributed by atoms with Gasteiger partial charge in [0.05, 0.1) is 23.4 Å². The highest BCUT2D eigenvalue weighted by atomic mass is 79.9. The van der Waals surface area contributed by atoms with Gasteiger partial charge in [-0.15, -0.1) is 0 Å². The third kappa shape index (κ3) is 2.65. The molecule has 1 heterocycles. The molecule has 2 unspecified atom stereocenters. The number of nitrogens with one attached hydrogen (secondary N) is 1. The Morgan fingerprint density at radius 1 is 1.25 bits per heavy atom. The van der Waals surface area contributed by atoms with Crippen LogP contribution in [0.4, 0.5) is 5.69 Å². The van der Waals surface area contributed by atoms with Crippen molar-refractivity contribution in [2.45, 2.75) is 13.0 Å². The van der Waals surface area contributed by atoms with Crippen molar-refractivity contribution in [3.05, 3.63) is 57.5 Å². The number of rotatable bonds is 2. The summed E-state index contributed by atoms with van der Waals surface area (Å²) < 4.78 is 6.75. The van der Waals surface area contributed by atoms with E-state index in [-0.39, 0.29) is 6.04 Å². The van der Waals surface area contributed by atoms with E-state index in [1.54, 1.807) is 0 Å². The molecule has 2 aromatic rings.